The maximum absolute atomic E-state index is 11.3. The highest BCUT2D eigenvalue weighted by Crippen LogP contribution is 2.35. The van der Waals surface area contributed by atoms with Crippen molar-refractivity contribution in [1.82, 2.24) is 0 Å². The molecule has 0 aliphatic heterocycles. The topological polar surface area (TPSA) is 63.6 Å². The van der Waals surface area contributed by atoms with E-state index in [4.69, 9.17) is 4.74 Å². The van der Waals surface area contributed by atoms with Crippen molar-refractivity contribution in [2.45, 2.75) is 50.1 Å². The van der Waals surface area contributed by atoms with Gasteiger partial charge in [-0.1, -0.05) is 30.3 Å². The summed E-state index contributed by atoms with van der Waals surface area (Å²) in [6.07, 6.45) is 2.32. The Bertz CT molecular complexity index is 502. The first-order valence-corrected chi connectivity index (χ1v) is 7.97. The zero-order valence-electron chi connectivity index (χ0n) is 11.1. The number of ether oxygens (including phenoxy) is 1. The minimum atomic E-state index is -3.97. The maximum Gasteiger partial charge on any atom is 0.270 e. The molecule has 5 heteroatoms. The summed E-state index contributed by atoms with van der Waals surface area (Å²) >= 11 is 0. The molecule has 0 heterocycles. The second-order valence-corrected chi connectivity index (χ2v) is 7.36. The smallest absolute Gasteiger partial charge is 0.270 e. The van der Waals surface area contributed by atoms with E-state index >= 15 is 0 Å². The molecule has 1 aromatic rings. The summed E-state index contributed by atoms with van der Waals surface area (Å²) in [6.45, 7) is 2.16. The quantitative estimate of drug-likeness (QED) is 0.864. The molecule has 0 bridgehead atoms. The molecule has 106 valence electrons. The first-order chi connectivity index (χ1) is 8.91. The number of benzene rings is 1. The van der Waals surface area contributed by atoms with Gasteiger partial charge in [0.1, 0.15) is 0 Å². The van der Waals surface area contributed by atoms with Crippen molar-refractivity contribution in [3.63, 3.8) is 0 Å². The predicted molar refractivity (Wildman–Crippen MR) is 73.4 cm³/mol. The van der Waals surface area contributed by atoms with Crippen LogP contribution < -0.4 is 0 Å². The molecule has 0 spiro atoms. The molecule has 1 fully saturated rings. The first kappa shape index (κ1) is 14.5. The van der Waals surface area contributed by atoms with Gasteiger partial charge in [-0.3, -0.25) is 4.55 Å². The van der Waals surface area contributed by atoms with Gasteiger partial charge in [0.05, 0.1) is 17.5 Å². The molecule has 4 nitrogen and oxygen atoms in total. The van der Waals surface area contributed by atoms with E-state index in [0.29, 0.717) is 32.3 Å². The van der Waals surface area contributed by atoms with Gasteiger partial charge >= 0.3 is 0 Å². The average Bonchev–Trinajstić information content (AvgIpc) is 2.38. The number of rotatable bonds is 4. The normalized spacial score (nSPS) is 28.2. The Hall–Kier alpha value is -0.910. The van der Waals surface area contributed by atoms with Crippen molar-refractivity contribution in [2.24, 2.45) is 0 Å². The highest BCUT2D eigenvalue weighted by atomic mass is 32.2. The van der Waals surface area contributed by atoms with Crippen LogP contribution in [-0.4, -0.2) is 23.8 Å². The second-order valence-electron chi connectivity index (χ2n) is 5.42. The highest BCUT2D eigenvalue weighted by Gasteiger charge is 2.41. The van der Waals surface area contributed by atoms with E-state index in [1.54, 1.807) is 6.92 Å². The van der Waals surface area contributed by atoms with Crippen molar-refractivity contribution in [1.29, 1.82) is 0 Å². The lowest BCUT2D eigenvalue weighted by molar-refractivity contribution is 0.0108. The molecular weight excluding hydrogens is 264 g/mol. The van der Waals surface area contributed by atoms with Gasteiger partial charge in [0.15, 0.2) is 0 Å². The van der Waals surface area contributed by atoms with Gasteiger partial charge in [-0.15, -0.1) is 0 Å². The molecule has 0 radical (unpaired) electrons. The molecule has 0 amide bonds. The lowest BCUT2D eigenvalue weighted by Gasteiger charge is -2.34. The Morgan fingerprint density at radius 2 is 1.84 bits per heavy atom. The van der Waals surface area contributed by atoms with E-state index in [9.17, 15) is 13.0 Å². The molecule has 0 unspecified atom stereocenters. The van der Waals surface area contributed by atoms with E-state index in [1.807, 2.05) is 30.3 Å². The van der Waals surface area contributed by atoms with Crippen LogP contribution in [0.5, 0.6) is 0 Å². The largest absolute Gasteiger partial charge is 0.374 e. The minimum absolute atomic E-state index is 0.0787. The van der Waals surface area contributed by atoms with Crippen LogP contribution in [0, 0.1) is 0 Å². The van der Waals surface area contributed by atoms with E-state index in [1.165, 1.54) is 0 Å². The fraction of sp³-hybridized carbons (Fsp3) is 0.571. The Balaban J connectivity index is 1.84. The molecule has 0 aromatic heterocycles. The van der Waals surface area contributed by atoms with Gasteiger partial charge in [0.25, 0.3) is 10.1 Å². The fourth-order valence-corrected chi connectivity index (χ4v) is 3.17. The van der Waals surface area contributed by atoms with Crippen molar-refractivity contribution >= 4 is 10.1 Å². The third-order valence-corrected chi connectivity index (χ3v) is 5.60. The van der Waals surface area contributed by atoms with Crippen LogP contribution in [0.2, 0.25) is 0 Å². The average molecular weight is 284 g/mol. The predicted octanol–water partition coefficient (Wildman–Crippen LogP) is 2.79. The van der Waals surface area contributed by atoms with Crippen molar-refractivity contribution in [2.75, 3.05) is 0 Å². The molecular formula is C14H20O4S. The standard InChI is InChI=1S/C14H20O4S/c1-14(19(15,16)17)9-7-13(8-10-14)18-11-12-5-3-2-4-6-12/h2-6,13H,7-11H2,1H3,(H,15,16,17). The Kier molecular flexibility index (Phi) is 4.28. The van der Waals surface area contributed by atoms with Crippen LogP contribution in [0.4, 0.5) is 0 Å². The monoisotopic (exact) mass is 284 g/mol. The molecule has 2 rings (SSSR count). The van der Waals surface area contributed by atoms with E-state index in [0.717, 1.165) is 5.56 Å². The Morgan fingerprint density at radius 3 is 2.37 bits per heavy atom. The van der Waals surface area contributed by atoms with Crippen LogP contribution in [0.25, 0.3) is 0 Å². The molecule has 1 aromatic carbocycles. The van der Waals surface area contributed by atoms with Crippen molar-refractivity contribution in [3.8, 4) is 0 Å². The molecule has 1 aliphatic carbocycles. The van der Waals surface area contributed by atoms with Gasteiger partial charge < -0.3 is 4.74 Å². The summed E-state index contributed by atoms with van der Waals surface area (Å²) < 4.78 is 36.6. The summed E-state index contributed by atoms with van der Waals surface area (Å²) in [6, 6.07) is 9.90. The molecule has 1 aliphatic rings. The van der Waals surface area contributed by atoms with E-state index in [-0.39, 0.29) is 6.10 Å². The van der Waals surface area contributed by atoms with Crippen molar-refractivity contribution < 1.29 is 17.7 Å². The number of hydrogen-bond acceptors (Lipinski definition) is 3. The van der Waals surface area contributed by atoms with Gasteiger partial charge in [-0.2, -0.15) is 8.42 Å². The molecule has 1 saturated carbocycles. The molecule has 19 heavy (non-hydrogen) atoms. The van der Waals surface area contributed by atoms with Gasteiger partial charge in [-0.05, 0) is 38.2 Å². The Morgan fingerprint density at radius 1 is 1.26 bits per heavy atom. The summed E-state index contributed by atoms with van der Waals surface area (Å²) in [4.78, 5) is 0. The van der Waals surface area contributed by atoms with E-state index < -0.39 is 14.9 Å². The minimum Gasteiger partial charge on any atom is -0.374 e. The van der Waals surface area contributed by atoms with Crippen LogP contribution in [-0.2, 0) is 21.5 Å². The summed E-state index contributed by atoms with van der Waals surface area (Å²) in [5.41, 5.74) is 1.12. The van der Waals surface area contributed by atoms with E-state index in [2.05, 4.69) is 0 Å². The highest BCUT2D eigenvalue weighted by molar-refractivity contribution is 7.87. The van der Waals surface area contributed by atoms with Crippen molar-refractivity contribution in [3.05, 3.63) is 35.9 Å². The molecule has 1 N–H and O–H groups in total. The van der Waals surface area contributed by atoms with Crippen LogP contribution in [0.3, 0.4) is 0 Å². The van der Waals surface area contributed by atoms with Gasteiger partial charge in [0.2, 0.25) is 0 Å². The maximum atomic E-state index is 11.3. The Labute approximate surface area is 114 Å². The van der Waals surface area contributed by atoms with Crippen LogP contribution >= 0.6 is 0 Å². The molecule has 0 saturated heterocycles. The lowest BCUT2D eigenvalue weighted by atomic mass is 9.88. The van der Waals surface area contributed by atoms with Gasteiger partial charge in [-0.25, -0.2) is 0 Å². The zero-order chi connectivity index (χ0) is 13.9. The summed E-state index contributed by atoms with van der Waals surface area (Å²) in [5.74, 6) is 0. The zero-order valence-corrected chi connectivity index (χ0v) is 11.9. The third-order valence-electron chi connectivity index (χ3n) is 3.94. The SMILES string of the molecule is CC1(S(=O)(=O)O)CCC(OCc2ccccc2)CC1. The van der Waals surface area contributed by atoms with Gasteiger partial charge in [0, 0.05) is 0 Å². The summed E-state index contributed by atoms with van der Waals surface area (Å²) in [5, 5.41) is 0. The third kappa shape index (κ3) is 3.55. The second kappa shape index (κ2) is 5.61. The molecule has 0 atom stereocenters. The number of hydrogen-bond donors (Lipinski definition) is 1. The first-order valence-electron chi connectivity index (χ1n) is 6.53. The summed E-state index contributed by atoms with van der Waals surface area (Å²) in [7, 11) is -3.97. The van der Waals surface area contributed by atoms with Crippen LogP contribution in [0.15, 0.2) is 30.3 Å². The fourth-order valence-electron chi connectivity index (χ4n) is 2.41. The lowest BCUT2D eigenvalue weighted by Crippen LogP contribution is -2.40. The van der Waals surface area contributed by atoms with Crippen LogP contribution in [0.1, 0.15) is 38.2 Å².